The molecule has 0 saturated carbocycles. The van der Waals surface area contributed by atoms with Crippen LogP contribution in [-0.4, -0.2) is 47.9 Å². The van der Waals surface area contributed by atoms with E-state index in [1.807, 2.05) is 31.2 Å². The van der Waals surface area contributed by atoms with Crippen molar-refractivity contribution in [2.24, 2.45) is 0 Å². The van der Waals surface area contributed by atoms with Crippen LogP contribution in [0.15, 0.2) is 72.8 Å². The summed E-state index contributed by atoms with van der Waals surface area (Å²) in [7, 11) is 0. The SMILES string of the molecule is C[C@@](O)(CN1CCN(c2ccc(CCO)cc2)[C@H](c2ccc(Cl)cc2)C1)c1ccc(C#N)cc1. The van der Waals surface area contributed by atoms with E-state index in [0.717, 1.165) is 36.4 Å². The van der Waals surface area contributed by atoms with Crippen LogP contribution in [0, 0.1) is 11.3 Å². The lowest BCUT2D eigenvalue weighted by atomic mass is 9.93. The average molecular weight is 476 g/mol. The van der Waals surface area contributed by atoms with Gasteiger partial charge in [-0.25, -0.2) is 0 Å². The first kappa shape index (κ1) is 24.3. The van der Waals surface area contributed by atoms with E-state index in [1.165, 1.54) is 5.56 Å². The fraction of sp³-hybridized carbons (Fsp3) is 0.321. The van der Waals surface area contributed by atoms with E-state index in [9.17, 15) is 10.2 Å². The quantitative estimate of drug-likeness (QED) is 0.525. The lowest BCUT2D eigenvalue weighted by Crippen LogP contribution is -2.52. The maximum atomic E-state index is 11.3. The molecule has 6 heteroatoms. The first-order valence-electron chi connectivity index (χ1n) is 11.6. The number of hydrogen-bond acceptors (Lipinski definition) is 5. The van der Waals surface area contributed by atoms with E-state index < -0.39 is 5.60 Å². The van der Waals surface area contributed by atoms with E-state index in [0.29, 0.717) is 23.6 Å². The minimum Gasteiger partial charge on any atom is -0.396 e. The Bertz CT molecular complexity index is 1120. The molecule has 0 aliphatic carbocycles. The van der Waals surface area contributed by atoms with Gasteiger partial charge < -0.3 is 15.1 Å². The highest BCUT2D eigenvalue weighted by Gasteiger charge is 2.33. The van der Waals surface area contributed by atoms with Crippen LogP contribution in [0.2, 0.25) is 5.02 Å². The summed E-state index contributed by atoms with van der Waals surface area (Å²) in [4.78, 5) is 4.70. The maximum absolute atomic E-state index is 11.3. The molecule has 0 bridgehead atoms. The largest absolute Gasteiger partial charge is 0.396 e. The van der Waals surface area contributed by atoms with Crippen LogP contribution in [0.1, 0.15) is 35.2 Å². The van der Waals surface area contributed by atoms with Crippen LogP contribution >= 0.6 is 11.6 Å². The summed E-state index contributed by atoms with van der Waals surface area (Å²) in [6, 6.07) is 25.8. The molecule has 4 rings (SSSR count). The second-order valence-corrected chi connectivity index (χ2v) is 9.54. The van der Waals surface area contributed by atoms with Crippen molar-refractivity contribution in [3.63, 3.8) is 0 Å². The number of hydrogen-bond donors (Lipinski definition) is 2. The Kier molecular flexibility index (Phi) is 7.55. The molecule has 1 aliphatic heterocycles. The number of benzene rings is 3. The lowest BCUT2D eigenvalue weighted by molar-refractivity contribution is 0.0103. The minimum absolute atomic E-state index is 0.103. The molecular weight excluding hydrogens is 446 g/mol. The molecule has 0 spiro atoms. The molecule has 1 fully saturated rings. The summed E-state index contributed by atoms with van der Waals surface area (Å²) in [5, 5.41) is 30.3. The summed E-state index contributed by atoms with van der Waals surface area (Å²) in [6.07, 6.45) is 0.652. The van der Waals surface area contributed by atoms with Gasteiger partial charge in [0.2, 0.25) is 0 Å². The number of anilines is 1. The predicted molar refractivity (Wildman–Crippen MR) is 136 cm³/mol. The summed E-state index contributed by atoms with van der Waals surface area (Å²) >= 11 is 6.16. The molecule has 176 valence electrons. The molecule has 2 atom stereocenters. The van der Waals surface area contributed by atoms with Crippen molar-refractivity contribution in [1.82, 2.24) is 4.90 Å². The van der Waals surface area contributed by atoms with Crippen molar-refractivity contribution in [3.05, 3.63) is 100 Å². The van der Waals surface area contributed by atoms with Gasteiger partial charge in [0.1, 0.15) is 0 Å². The van der Waals surface area contributed by atoms with E-state index in [1.54, 1.807) is 12.1 Å². The molecule has 0 amide bonds. The van der Waals surface area contributed by atoms with Crippen molar-refractivity contribution in [2.45, 2.75) is 25.0 Å². The third-order valence-corrected chi connectivity index (χ3v) is 6.81. The Hall–Kier alpha value is -2.88. The molecule has 5 nitrogen and oxygen atoms in total. The third-order valence-electron chi connectivity index (χ3n) is 6.56. The topological polar surface area (TPSA) is 70.7 Å². The Morgan fingerprint density at radius 2 is 1.68 bits per heavy atom. The zero-order valence-corrected chi connectivity index (χ0v) is 20.1. The molecule has 0 unspecified atom stereocenters. The second-order valence-electron chi connectivity index (χ2n) is 9.10. The maximum Gasteiger partial charge on any atom is 0.0994 e. The van der Waals surface area contributed by atoms with E-state index in [2.05, 4.69) is 52.3 Å². The van der Waals surface area contributed by atoms with Gasteiger partial charge in [0.15, 0.2) is 0 Å². The molecule has 1 heterocycles. The standard InChI is InChI=1S/C28H30ClN3O2/c1-28(34,24-8-2-22(18-30)3-9-24)20-31-15-16-32(26-12-4-21(5-13-26)14-17-33)27(19-31)23-6-10-25(29)11-7-23/h2-13,27,33-34H,14-17,19-20H2,1H3/t27-,28+/m0/s1. The number of piperazine rings is 1. The van der Waals surface area contributed by atoms with E-state index in [-0.39, 0.29) is 12.6 Å². The molecule has 1 aliphatic rings. The molecule has 3 aromatic carbocycles. The van der Waals surface area contributed by atoms with Crippen molar-refractivity contribution >= 4 is 17.3 Å². The summed E-state index contributed by atoms with van der Waals surface area (Å²) < 4.78 is 0. The van der Waals surface area contributed by atoms with Crippen LogP contribution in [0.4, 0.5) is 5.69 Å². The van der Waals surface area contributed by atoms with Gasteiger partial charge in [-0.15, -0.1) is 0 Å². The number of aliphatic hydroxyl groups excluding tert-OH is 1. The Morgan fingerprint density at radius 3 is 2.29 bits per heavy atom. The first-order chi connectivity index (χ1) is 16.4. The van der Waals surface area contributed by atoms with Gasteiger partial charge in [-0.1, -0.05) is 48.0 Å². The van der Waals surface area contributed by atoms with Crippen LogP contribution in [0.25, 0.3) is 0 Å². The Balaban J connectivity index is 1.56. The van der Waals surface area contributed by atoms with E-state index in [4.69, 9.17) is 16.9 Å². The van der Waals surface area contributed by atoms with Gasteiger partial charge in [0.05, 0.1) is 23.3 Å². The lowest BCUT2D eigenvalue weighted by Gasteiger charge is -2.45. The summed E-state index contributed by atoms with van der Waals surface area (Å²) in [5.74, 6) is 0. The Labute approximate surface area is 206 Å². The smallest absolute Gasteiger partial charge is 0.0994 e. The predicted octanol–water partition coefficient (Wildman–Crippen LogP) is 4.52. The molecule has 0 aromatic heterocycles. The number of nitriles is 1. The summed E-state index contributed by atoms with van der Waals surface area (Å²) in [5.41, 5.74) is 3.78. The number of nitrogens with zero attached hydrogens (tertiary/aromatic N) is 3. The van der Waals surface area contributed by atoms with Gasteiger partial charge in [0.25, 0.3) is 0 Å². The highest BCUT2D eigenvalue weighted by molar-refractivity contribution is 6.30. The zero-order chi connectivity index (χ0) is 24.1. The second kappa shape index (κ2) is 10.6. The molecule has 0 radical (unpaired) electrons. The van der Waals surface area contributed by atoms with Crippen molar-refractivity contribution < 1.29 is 10.2 Å². The molecule has 1 saturated heterocycles. The highest BCUT2D eigenvalue weighted by Crippen LogP contribution is 2.33. The Morgan fingerprint density at radius 1 is 1.00 bits per heavy atom. The van der Waals surface area contributed by atoms with Gasteiger partial charge in [0, 0.05) is 43.5 Å². The van der Waals surface area contributed by atoms with Gasteiger partial charge in [-0.3, -0.25) is 4.90 Å². The number of rotatable bonds is 7. The molecular formula is C28H30ClN3O2. The normalized spacial score (nSPS) is 18.3. The third kappa shape index (κ3) is 5.60. The zero-order valence-electron chi connectivity index (χ0n) is 19.4. The fourth-order valence-electron chi connectivity index (χ4n) is 4.68. The van der Waals surface area contributed by atoms with Gasteiger partial charge in [-0.05, 0) is 66.4 Å². The average Bonchev–Trinajstić information content (AvgIpc) is 2.85. The summed E-state index contributed by atoms with van der Waals surface area (Å²) in [6.45, 7) is 4.85. The van der Waals surface area contributed by atoms with Crippen LogP contribution in [-0.2, 0) is 12.0 Å². The number of aliphatic hydroxyl groups is 2. The molecule has 3 aromatic rings. The van der Waals surface area contributed by atoms with Crippen LogP contribution < -0.4 is 4.90 Å². The van der Waals surface area contributed by atoms with Gasteiger partial charge in [-0.2, -0.15) is 5.26 Å². The van der Waals surface area contributed by atoms with Crippen molar-refractivity contribution in [2.75, 3.05) is 37.7 Å². The monoisotopic (exact) mass is 475 g/mol. The number of halogens is 1. The van der Waals surface area contributed by atoms with Crippen LogP contribution in [0.3, 0.4) is 0 Å². The molecule has 34 heavy (non-hydrogen) atoms. The minimum atomic E-state index is -1.04. The van der Waals surface area contributed by atoms with Gasteiger partial charge >= 0.3 is 0 Å². The van der Waals surface area contributed by atoms with E-state index >= 15 is 0 Å². The fourth-order valence-corrected chi connectivity index (χ4v) is 4.80. The molecule has 2 N–H and O–H groups in total. The van der Waals surface area contributed by atoms with Crippen LogP contribution in [0.5, 0.6) is 0 Å². The van der Waals surface area contributed by atoms with Crippen molar-refractivity contribution in [3.8, 4) is 6.07 Å². The number of β-amino-alcohol motifs (C(OH)–C–C–N with tert-alkyl or cyclic N) is 1. The van der Waals surface area contributed by atoms with Crippen molar-refractivity contribution in [1.29, 1.82) is 5.26 Å². The first-order valence-corrected chi connectivity index (χ1v) is 11.9. The highest BCUT2D eigenvalue weighted by atomic mass is 35.5.